The van der Waals surface area contributed by atoms with Gasteiger partial charge in [0, 0.05) is 24.9 Å². The monoisotopic (exact) mass is 328 g/mol. The number of halogens is 1. The van der Waals surface area contributed by atoms with Gasteiger partial charge in [-0.25, -0.2) is 0 Å². The Morgan fingerprint density at radius 2 is 2.14 bits per heavy atom. The Morgan fingerprint density at radius 3 is 2.77 bits per heavy atom. The van der Waals surface area contributed by atoms with Crippen LogP contribution < -0.4 is 15.8 Å². The van der Waals surface area contributed by atoms with Crippen molar-refractivity contribution >= 4 is 24.0 Å². The van der Waals surface area contributed by atoms with E-state index in [1.54, 1.807) is 0 Å². The second kappa shape index (κ2) is 9.66. The molecule has 22 heavy (non-hydrogen) atoms. The Labute approximate surface area is 138 Å². The smallest absolute Gasteiger partial charge is 0.224 e. The Bertz CT molecular complexity index is 476. The van der Waals surface area contributed by atoms with Crippen LogP contribution in [0.1, 0.15) is 31.2 Å². The molecule has 0 unspecified atom stereocenters. The number of anilines is 1. The van der Waals surface area contributed by atoms with Gasteiger partial charge in [-0.3, -0.25) is 4.79 Å². The van der Waals surface area contributed by atoms with Crippen LogP contribution in [0.3, 0.4) is 0 Å². The van der Waals surface area contributed by atoms with Gasteiger partial charge in [-0.05, 0) is 43.7 Å². The van der Waals surface area contributed by atoms with Crippen LogP contribution in [0.15, 0.2) is 18.2 Å². The SMILES string of the molecule is Cc1cc(NC(=O)CCCN)ccc1OC1CCOCC1.Cl. The van der Waals surface area contributed by atoms with Gasteiger partial charge in [0.25, 0.3) is 0 Å². The summed E-state index contributed by atoms with van der Waals surface area (Å²) in [6.07, 6.45) is 3.24. The molecule has 124 valence electrons. The molecular weight excluding hydrogens is 304 g/mol. The molecule has 1 aliphatic heterocycles. The molecule has 0 radical (unpaired) electrons. The zero-order chi connectivity index (χ0) is 15.1. The lowest BCUT2D eigenvalue weighted by Gasteiger charge is -2.24. The van der Waals surface area contributed by atoms with Crippen molar-refractivity contribution in [1.82, 2.24) is 0 Å². The Hall–Kier alpha value is -1.30. The first-order chi connectivity index (χ1) is 10.2. The highest BCUT2D eigenvalue weighted by Gasteiger charge is 2.16. The maximum Gasteiger partial charge on any atom is 0.224 e. The third-order valence-corrected chi connectivity index (χ3v) is 3.53. The van der Waals surface area contributed by atoms with Gasteiger partial charge in [0.15, 0.2) is 0 Å². The minimum atomic E-state index is -0.00190. The van der Waals surface area contributed by atoms with E-state index in [1.165, 1.54) is 0 Å². The summed E-state index contributed by atoms with van der Waals surface area (Å²) in [4.78, 5) is 11.7. The van der Waals surface area contributed by atoms with E-state index in [-0.39, 0.29) is 24.4 Å². The van der Waals surface area contributed by atoms with Gasteiger partial charge in [-0.1, -0.05) is 0 Å². The number of hydrogen-bond donors (Lipinski definition) is 2. The minimum absolute atomic E-state index is 0. The van der Waals surface area contributed by atoms with Gasteiger partial charge in [-0.2, -0.15) is 0 Å². The van der Waals surface area contributed by atoms with Crippen molar-refractivity contribution in [2.75, 3.05) is 25.1 Å². The van der Waals surface area contributed by atoms with Crippen molar-refractivity contribution < 1.29 is 14.3 Å². The molecule has 1 fully saturated rings. The molecule has 2 rings (SSSR count). The average molecular weight is 329 g/mol. The molecule has 0 saturated carbocycles. The van der Waals surface area contributed by atoms with E-state index in [4.69, 9.17) is 15.2 Å². The zero-order valence-corrected chi connectivity index (χ0v) is 13.8. The van der Waals surface area contributed by atoms with Crippen LogP contribution in [0.2, 0.25) is 0 Å². The average Bonchev–Trinajstić information content (AvgIpc) is 2.49. The number of carbonyl (C=O) groups is 1. The zero-order valence-electron chi connectivity index (χ0n) is 13.0. The highest BCUT2D eigenvalue weighted by Crippen LogP contribution is 2.25. The number of amides is 1. The van der Waals surface area contributed by atoms with Gasteiger partial charge in [-0.15, -0.1) is 12.4 Å². The summed E-state index contributed by atoms with van der Waals surface area (Å²) in [5.74, 6) is 0.875. The van der Waals surface area contributed by atoms with Crippen molar-refractivity contribution in [1.29, 1.82) is 0 Å². The second-order valence-corrected chi connectivity index (χ2v) is 5.35. The van der Waals surface area contributed by atoms with Gasteiger partial charge in [0.1, 0.15) is 11.9 Å². The molecule has 0 bridgehead atoms. The van der Waals surface area contributed by atoms with Crippen molar-refractivity contribution in [2.24, 2.45) is 5.73 Å². The summed E-state index contributed by atoms with van der Waals surface area (Å²) in [6, 6.07) is 5.74. The third-order valence-electron chi connectivity index (χ3n) is 3.53. The van der Waals surface area contributed by atoms with Crippen molar-refractivity contribution in [3.8, 4) is 5.75 Å². The summed E-state index contributed by atoms with van der Waals surface area (Å²) in [6.45, 7) is 4.05. The number of carbonyl (C=O) groups excluding carboxylic acids is 1. The molecular formula is C16H25ClN2O3. The van der Waals surface area contributed by atoms with Crippen LogP contribution >= 0.6 is 12.4 Å². The molecule has 1 aromatic rings. The van der Waals surface area contributed by atoms with Gasteiger partial charge >= 0.3 is 0 Å². The first kappa shape index (κ1) is 18.7. The molecule has 5 nitrogen and oxygen atoms in total. The first-order valence-electron chi connectivity index (χ1n) is 7.54. The van der Waals surface area contributed by atoms with Crippen LogP contribution in [-0.4, -0.2) is 31.8 Å². The van der Waals surface area contributed by atoms with E-state index in [1.807, 2.05) is 25.1 Å². The van der Waals surface area contributed by atoms with Crippen molar-refractivity contribution in [3.63, 3.8) is 0 Å². The number of ether oxygens (including phenoxy) is 2. The maximum atomic E-state index is 11.7. The van der Waals surface area contributed by atoms with Crippen LogP contribution in [-0.2, 0) is 9.53 Å². The highest BCUT2D eigenvalue weighted by molar-refractivity contribution is 5.90. The Kier molecular flexibility index (Phi) is 8.24. The fraction of sp³-hybridized carbons (Fsp3) is 0.562. The third kappa shape index (κ3) is 5.83. The molecule has 0 aromatic heterocycles. The quantitative estimate of drug-likeness (QED) is 0.842. The predicted molar refractivity (Wildman–Crippen MR) is 89.8 cm³/mol. The molecule has 0 aliphatic carbocycles. The first-order valence-corrected chi connectivity index (χ1v) is 7.54. The van der Waals surface area contributed by atoms with Crippen LogP contribution in [0.25, 0.3) is 0 Å². The van der Waals surface area contributed by atoms with Crippen LogP contribution in [0, 0.1) is 6.92 Å². The lowest BCUT2D eigenvalue weighted by molar-refractivity contribution is -0.116. The van der Waals surface area contributed by atoms with Crippen molar-refractivity contribution in [2.45, 2.75) is 38.7 Å². The lowest BCUT2D eigenvalue weighted by atomic mass is 10.1. The molecule has 0 spiro atoms. The summed E-state index contributed by atoms with van der Waals surface area (Å²) in [7, 11) is 0. The van der Waals surface area contributed by atoms with Gasteiger partial charge in [0.2, 0.25) is 5.91 Å². The molecule has 1 aliphatic rings. The van der Waals surface area contributed by atoms with E-state index < -0.39 is 0 Å². The predicted octanol–water partition coefficient (Wildman–Crippen LogP) is 2.65. The van der Waals surface area contributed by atoms with Crippen LogP contribution in [0.5, 0.6) is 5.75 Å². The van der Waals surface area contributed by atoms with E-state index in [0.29, 0.717) is 19.4 Å². The topological polar surface area (TPSA) is 73.6 Å². The Balaban J connectivity index is 0.00000242. The fourth-order valence-corrected chi connectivity index (χ4v) is 2.32. The standard InChI is InChI=1S/C16H24N2O3.ClH/c1-12-11-13(18-16(19)3-2-8-17)4-5-15(12)21-14-6-9-20-10-7-14;/h4-5,11,14H,2-3,6-10,17H2,1H3,(H,18,19);1H. The second-order valence-electron chi connectivity index (χ2n) is 5.35. The number of hydrogen-bond acceptors (Lipinski definition) is 4. The molecule has 3 N–H and O–H groups in total. The van der Waals surface area contributed by atoms with E-state index in [2.05, 4.69) is 5.32 Å². The largest absolute Gasteiger partial charge is 0.490 e. The van der Waals surface area contributed by atoms with Gasteiger partial charge in [0.05, 0.1) is 13.2 Å². The molecule has 1 aromatic carbocycles. The van der Waals surface area contributed by atoms with Crippen molar-refractivity contribution in [3.05, 3.63) is 23.8 Å². The number of aryl methyl sites for hydroxylation is 1. The lowest BCUT2D eigenvalue weighted by Crippen LogP contribution is -2.26. The van der Waals surface area contributed by atoms with E-state index >= 15 is 0 Å². The highest BCUT2D eigenvalue weighted by atomic mass is 35.5. The summed E-state index contributed by atoms with van der Waals surface area (Å²) in [5, 5.41) is 2.88. The van der Waals surface area contributed by atoms with E-state index in [9.17, 15) is 4.79 Å². The number of nitrogens with two attached hydrogens (primary N) is 1. The Morgan fingerprint density at radius 1 is 1.41 bits per heavy atom. The minimum Gasteiger partial charge on any atom is -0.490 e. The summed E-state index contributed by atoms with van der Waals surface area (Å²) < 4.78 is 11.3. The van der Waals surface area contributed by atoms with Gasteiger partial charge < -0.3 is 20.5 Å². The van der Waals surface area contributed by atoms with E-state index in [0.717, 1.165) is 43.1 Å². The maximum absolute atomic E-state index is 11.7. The summed E-state index contributed by atoms with van der Waals surface area (Å²) in [5.41, 5.74) is 7.22. The molecule has 6 heteroatoms. The molecule has 1 saturated heterocycles. The fourth-order valence-electron chi connectivity index (χ4n) is 2.32. The number of nitrogens with one attached hydrogen (secondary N) is 1. The normalized spacial score (nSPS) is 15.0. The molecule has 0 atom stereocenters. The number of rotatable bonds is 6. The number of benzene rings is 1. The molecule has 1 heterocycles. The van der Waals surface area contributed by atoms with Crippen LogP contribution in [0.4, 0.5) is 5.69 Å². The molecule has 1 amide bonds. The summed E-state index contributed by atoms with van der Waals surface area (Å²) >= 11 is 0.